The van der Waals surface area contributed by atoms with Crippen LogP contribution in [0.2, 0.25) is 0 Å². The average Bonchev–Trinajstić information content (AvgIpc) is 3.36. The maximum Gasteiger partial charge on any atom is 0.225 e. The first-order chi connectivity index (χ1) is 15.9. The first kappa shape index (κ1) is 23.2. The van der Waals surface area contributed by atoms with Gasteiger partial charge in [0.05, 0.1) is 23.1 Å². The summed E-state index contributed by atoms with van der Waals surface area (Å²) < 4.78 is 1.07. The number of aromatic amines is 1. The van der Waals surface area contributed by atoms with E-state index in [0.717, 1.165) is 48.3 Å². The SMILES string of the molecule is CC(Cc1ccc(C#N)cc1)(NC(=O)[C@H]1CCCN(Cc2cccc(Br)c2)C1)c1ncc[nH]1. The quantitative estimate of drug-likeness (QED) is 0.493. The zero-order valence-electron chi connectivity index (χ0n) is 18.7. The van der Waals surface area contributed by atoms with Crippen LogP contribution < -0.4 is 5.32 Å². The van der Waals surface area contributed by atoms with E-state index in [9.17, 15) is 4.79 Å². The number of imidazole rings is 1. The lowest BCUT2D eigenvalue weighted by Crippen LogP contribution is -2.51. The Bertz CT molecular complexity index is 1120. The third kappa shape index (κ3) is 5.89. The number of rotatable bonds is 7. The topological polar surface area (TPSA) is 84.8 Å². The van der Waals surface area contributed by atoms with Gasteiger partial charge in [-0.05, 0) is 61.7 Å². The van der Waals surface area contributed by atoms with E-state index in [1.165, 1.54) is 5.56 Å². The Hall–Kier alpha value is -2.95. The van der Waals surface area contributed by atoms with E-state index in [2.05, 4.69) is 54.3 Å². The number of piperidine rings is 1. The third-order valence-corrected chi connectivity index (χ3v) is 6.73. The molecular formula is C26H28BrN5O. The molecule has 2 heterocycles. The first-order valence-corrected chi connectivity index (χ1v) is 12.0. The number of hydrogen-bond acceptors (Lipinski definition) is 4. The Morgan fingerprint density at radius 2 is 2.12 bits per heavy atom. The largest absolute Gasteiger partial charge is 0.347 e. The number of likely N-dealkylation sites (tertiary alicyclic amines) is 1. The van der Waals surface area contributed by atoms with Crippen LogP contribution >= 0.6 is 15.9 Å². The number of carbonyl (C=O) groups excluding carboxylic acids is 1. The number of hydrogen-bond donors (Lipinski definition) is 2. The standard InChI is InChI=1S/C26H28BrN5O/c1-26(25-29-11-12-30-25,15-19-7-9-20(16-28)10-8-19)31-24(33)22-5-3-13-32(18-22)17-21-4-2-6-23(27)14-21/h2,4,6-12,14,22H,3,5,13,15,17-18H2,1H3,(H,29,30)(H,31,33)/t22-,26?/m0/s1. The van der Waals surface area contributed by atoms with E-state index < -0.39 is 5.54 Å². The Morgan fingerprint density at radius 1 is 1.30 bits per heavy atom. The highest BCUT2D eigenvalue weighted by Crippen LogP contribution is 2.26. The number of halogens is 1. The molecule has 1 aromatic heterocycles. The summed E-state index contributed by atoms with van der Waals surface area (Å²) in [6, 6.07) is 18.0. The molecule has 0 bridgehead atoms. The summed E-state index contributed by atoms with van der Waals surface area (Å²) in [5.41, 5.74) is 2.22. The maximum absolute atomic E-state index is 13.4. The highest BCUT2D eigenvalue weighted by Gasteiger charge is 2.35. The number of carbonyl (C=O) groups is 1. The fourth-order valence-corrected chi connectivity index (χ4v) is 4.99. The van der Waals surface area contributed by atoms with Gasteiger partial charge in [0, 0.05) is 36.4 Å². The molecule has 7 heteroatoms. The molecule has 2 aromatic carbocycles. The minimum absolute atomic E-state index is 0.0569. The summed E-state index contributed by atoms with van der Waals surface area (Å²) in [7, 11) is 0. The Balaban J connectivity index is 1.46. The molecule has 1 fully saturated rings. The van der Waals surface area contributed by atoms with Crippen LogP contribution in [0.4, 0.5) is 0 Å². The molecule has 1 aliphatic rings. The minimum Gasteiger partial charge on any atom is -0.347 e. The van der Waals surface area contributed by atoms with Crippen molar-refractivity contribution in [1.29, 1.82) is 5.26 Å². The van der Waals surface area contributed by atoms with Crippen LogP contribution in [0.5, 0.6) is 0 Å². The highest BCUT2D eigenvalue weighted by atomic mass is 79.9. The zero-order valence-corrected chi connectivity index (χ0v) is 20.3. The van der Waals surface area contributed by atoms with Crippen molar-refractivity contribution in [2.75, 3.05) is 13.1 Å². The van der Waals surface area contributed by atoms with E-state index in [1.54, 1.807) is 24.5 Å². The van der Waals surface area contributed by atoms with Gasteiger partial charge >= 0.3 is 0 Å². The van der Waals surface area contributed by atoms with Gasteiger partial charge in [-0.25, -0.2) is 4.98 Å². The van der Waals surface area contributed by atoms with Gasteiger partial charge in [-0.15, -0.1) is 0 Å². The summed E-state index contributed by atoms with van der Waals surface area (Å²) in [4.78, 5) is 23.4. The molecule has 1 unspecified atom stereocenters. The number of nitriles is 1. The third-order valence-electron chi connectivity index (χ3n) is 6.23. The van der Waals surface area contributed by atoms with E-state index in [1.807, 2.05) is 31.2 Å². The molecule has 0 radical (unpaired) electrons. The van der Waals surface area contributed by atoms with Gasteiger partial charge in [0.1, 0.15) is 5.82 Å². The predicted octanol–water partition coefficient (Wildman–Crippen LogP) is 4.53. The molecule has 2 atom stereocenters. The van der Waals surface area contributed by atoms with Gasteiger partial charge in [-0.1, -0.05) is 40.2 Å². The smallest absolute Gasteiger partial charge is 0.225 e. The Morgan fingerprint density at radius 3 is 2.82 bits per heavy atom. The lowest BCUT2D eigenvalue weighted by molar-refractivity contribution is -0.128. The van der Waals surface area contributed by atoms with Gasteiger partial charge in [-0.3, -0.25) is 9.69 Å². The van der Waals surface area contributed by atoms with Crippen LogP contribution in [0.1, 0.15) is 42.3 Å². The van der Waals surface area contributed by atoms with Crippen LogP contribution in [-0.4, -0.2) is 33.9 Å². The van der Waals surface area contributed by atoms with Gasteiger partial charge in [0.15, 0.2) is 0 Å². The molecule has 2 N–H and O–H groups in total. The zero-order chi connectivity index (χ0) is 23.3. The molecule has 6 nitrogen and oxygen atoms in total. The summed E-state index contributed by atoms with van der Waals surface area (Å²) in [6.45, 7) is 4.58. The highest BCUT2D eigenvalue weighted by molar-refractivity contribution is 9.10. The van der Waals surface area contributed by atoms with Crippen molar-refractivity contribution in [3.63, 3.8) is 0 Å². The monoisotopic (exact) mass is 505 g/mol. The molecule has 1 saturated heterocycles. The van der Waals surface area contributed by atoms with E-state index in [-0.39, 0.29) is 11.8 Å². The number of amides is 1. The van der Waals surface area contributed by atoms with Crippen molar-refractivity contribution >= 4 is 21.8 Å². The van der Waals surface area contributed by atoms with Crippen molar-refractivity contribution < 1.29 is 4.79 Å². The normalized spacial score (nSPS) is 18.3. The molecule has 170 valence electrons. The van der Waals surface area contributed by atoms with Crippen LogP contribution in [0.15, 0.2) is 65.4 Å². The van der Waals surface area contributed by atoms with Crippen LogP contribution in [-0.2, 0) is 23.3 Å². The molecule has 0 spiro atoms. The number of aromatic nitrogens is 2. The average molecular weight is 506 g/mol. The number of H-pyrrole nitrogens is 1. The Labute approximate surface area is 203 Å². The molecule has 1 aliphatic heterocycles. The lowest BCUT2D eigenvalue weighted by atomic mass is 9.89. The van der Waals surface area contributed by atoms with Crippen molar-refractivity contribution in [2.45, 2.75) is 38.3 Å². The summed E-state index contributed by atoms with van der Waals surface area (Å²) in [5, 5.41) is 12.4. The second-order valence-corrected chi connectivity index (χ2v) is 9.86. The van der Waals surface area contributed by atoms with Gasteiger partial charge in [0.2, 0.25) is 5.91 Å². The fraction of sp³-hybridized carbons (Fsp3) is 0.346. The van der Waals surface area contributed by atoms with Gasteiger partial charge < -0.3 is 10.3 Å². The van der Waals surface area contributed by atoms with E-state index >= 15 is 0 Å². The van der Waals surface area contributed by atoms with E-state index in [4.69, 9.17) is 5.26 Å². The van der Waals surface area contributed by atoms with Crippen LogP contribution in [0.3, 0.4) is 0 Å². The maximum atomic E-state index is 13.4. The number of benzene rings is 2. The molecule has 0 saturated carbocycles. The molecule has 0 aliphatic carbocycles. The number of nitrogens with one attached hydrogen (secondary N) is 2. The van der Waals surface area contributed by atoms with Crippen LogP contribution in [0.25, 0.3) is 0 Å². The summed E-state index contributed by atoms with van der Waals surface area (Å²) in [5.74, 6) is 0.713. The second kappa shape index (κ2) is 10.3. The fourth-order valence-electron chi connectivity index (χ4n) is 4.54. The molecule has 1 amide bonds. The van der Waals surface area contributed by atoms with Crippen LogP contribution in [0, 0.1) is 17.2 Å². The summed E-state index contributed by atoms with van der Waals surface area (Å²) >= 11 is 3.54. The van der Waals surface area contributed by atoms with Crippen molar-refractivity contribution in [3.05, 3.63) is 87.9 Å². The van der Waals surface area contributed by atoms with Gasteiger partial charge in [-0.2, -0.15) is 5.26 Å². The predicted molar refractivity (Wildman–Crippen MR) is 131 cm³/mol. The van der Waals surface area contributed by atoms with E-state index in [0.29, 0.717) is 12.0 Å². The molecule has 4 rings (SSSR count). The minimum atomic E-state index is -0.679. The first-order valence-electron chi connectivity index (χ1n) is 11.2. The lowest BCUT2D eigenvalue weighted by Gasteiger charge is -2.35. The number of nitrogens with zero attached hydrogens (tertiary/aromatic N) is 3. The Kier molecular flexibility index (Phi) is 7.26. The van der Waals surface area contributed by atoms with Crippen molar-refractivity contribution in [1.82, 2.24) is 20.2 Å². The second-order valence-electron chi connectivity index (χ2n) is 8.95. The van der Waals surface area contributed by atoms with Gasteiger partial charge in [0.25, 0.3) is 0 Å². The van der Waals surface area contributed by atoms with Crippen molar-refractivity contribution in [2.24, 2.45) is 5.92 Å². The molecule has 33 heavy (non-hydrogen) atoms. The molecule has 3 aromatic rings. The molecular weight excluding hydrogens is 478 g/mol. The summed E-state index contributed by atoms with van der Waals surface area (Å²) in [6.07, 6.45) is 5.94. The van der Waals surface area contributed by atoms with Crippen molar-refractivity contribution in [3.8, 4) is 6.07 Å².